The molecule has 1 atom stereocenters. The number of amides is 1. The van der Waals surface area contributed by atoms with Gasteiger partial charge in [-0.3, -0.25) is 4.79 Å². The molecule has 10 heavy (non-hydrogen) atoms. The minimum absolute atomic E-state index is 0.437. The Balaban J connectivity index is 2.05. The normalized spacial score (nSPS) is 20.5. The van der Waals surface area contributed by atoms with Crippen LogP contribution in [0.15, 0.2) is 0 Å². The van der Waals surface area contributed by atoms with Crippen molar-refractivity contribution in [3.63, 3.8) is 0 Å². The lowest BCUT2D eigenvalue weighted by atomic mass is 10.3. The summed E-state index contributed by atoms with van der Waals surface area (Å²) in [7, 11) is 0. The van der Waals surface area contributed by atoms with Crippen molar-refractivity contribution in [2.75, 3.05) is 6.54 Å². The molecule has 0 aromatic carbocycles. The molecule has 1 aliphatic carbocycles. The largest absolute Gasteiger partial charge is 0.368 e. The molecule has 58 valence electrons. The van der Waals surface area contributed by atoms with Crippen LogP contribution in [0.4, 0.5) is 0 Å². The Labute approximate surface area is 59.9 Å². The molecule has 0 heterocycles. The van der Waals surface area contributed by atoms with Gasteiger partial charge >= 0.3 is 0 Å². The predicted molar refractivity (Wildman–Crippen MR) is 38.2 cm³/mol. The van der Waals surface area contributed by atoms with Crippen LogP contribution in [0.1, 0.15) is 12.8 Å². The maximum atomic E-state index is 10.4. The first-order chi connectivity index (χ1) is 4.70. The third-order valence-electron chi connectivity index (χ3n) is 1.57. The van der Waals surface area contributed by atoms with Gasteiger partial charge in [-0.25, -0.2) is 0 Å². The van der Waals surface area contributed by atoms with E-state index in [1.165, 1.54) is 12.8 Å². The van der Waals surface area contributed by atoms with Crippen LogP contribution >= 0.6 is 0 Å². The Morgan fingerprint density at radius 2 is 2.30 bits per heavy atom. The molecule has 1 saturated carbocycles. The van der Waals surface area contributed by atoms with E-state index in [0.717, 1.165) is 0 Å². The molecule has 1 aliphatic rings. The molecule has 1 fully saturated rings. The van der Waals surface area contributed by atoms with Crippen molar-refractivity contribution in [2.24, 2.45) is 11.5 Å². The molecule has 1 rings (SSSR count). The van der Waals surface area contributed by atoms with Crippen molar-refractivity contribution >= 4 is 5.91 Å². The van der Waals surface area contributed by atoms with Gasteiger partial charge in [0.1, 0.15) is 0 Å². The van der Waals surface area contributed by atoms with E-state index in [1.54, 1.807) is 0 Å². The number of hydrogen-bond donors (Lipinski definition) is 3. The lowest BCUT2D eigenvalue weighted by Crippen LogP contribution is -2.44. The predicted octanol–water partition coefficient (Wildman–Crippen LogP) is -1.45. The monoisotopic (exact) mass is 143 g/mol. The Morgan fingerprint density at radius 1 is 1.70 bits per heavy atom. The topological polar surface area (TPSA) is 81.1 Å². The van der Waals surface area contributed by atoms with Gasteiger partial charge in [0, 0.05) is 12.6 Å². The lowest BCUT2D eigenvalue weighted by Gasteiger charge is -2.06. The van der Waals surface area contributed by atoms with E-state index in [2.05, 4.69) is 5.32 Å². The van der Waals surface area contributed by atoms with Crippen molar-refractivity contribution in [1.82, 2.24) is 5.32 Å². The van der Waals surface area contributed by atoms with Crippen LogP contribution in [0.25, 0.3) is 0 Å². The van der Waals surface area contributed by atoms with Crippen LogP contribution in [0.5, 0.6) is 0 Å². The molecule has 1 unspecified atom stereocenters. The smallest absolute Gasteiger partial charge is 0.235 e. The molecule has 0 spiro atoms. The highest BCUT2D eigenvalue weighted by Gasteiger charge is 2.21. The fourth-order valence-corrected chi connectivity index (χ4v) is 0.682. The molecular formula is C6H13N3O. The van der Waals surface area contributed by atoms with Gasteiger partial charge in [0.15, 0.2) is 0 Å². The van der Waals surface area contributed by atoms with E-state index in [4.69, 9.17) is 11.5 Å². The third-order valence-corrected chi connectivity index (χ3v) is 1.57. The number of carbonyl (C=O) groups excluding carboxylic acids is 1. The second kappa shape index (κ2) is 2.98. The molecule has 0 aliphatic heterocycles. The Kier molecular flexibility index (Phi) is 2.24. The van der Waals surface area contributed by atoms with Crippen LogP contribution in [-0.4, -0.2) is 24.5 Å². The summed E-state index contributed by atoms with van der Waals surface area (Å²) in [5.74, 6) is -0.437. The Hall–Kier alpha value is -0.610. The molecule has 5 N–H and O–H groups in total. The van der Waals surface area contributed by atoms with E-state index >= 15 is 0 Å². The van der Waals surface area contributed by atoms with E-state index in [-0.39, 0.29) is 0 Å². The van der Waals surface area contributed by atoms with Gasteiger partial charge in [0.25, 0.3) is 0 Å². The van der Waals surface area contributed by atoms with Gasteiger partial charge in [-0.15, -0.1) is 0 Å². The highest BCUT2D eigenvalue weighted by Crippen LogP contribution is 2.17. The average molecular weight is 143 g/mol. The van der Waals surface area contributed by atoms with Crippen LogP contribution in [0, 0.1) is 0 Å². The number of carbonyl (C=O) groups is 1. The van der Waals surface area contributed by atoms with Crippen molar-refractivity contribution in [3.05, 3.63) is 0 Å². The maximum Gasteiger partial charge on any atom is 0.235 e. The second-order valence-electron chi connectivity index (χ2n) is 2.69. The van der Waals surface area contributed by atoms with Crippen LogP contribution in [-0.2, 0) is 4.79 Å². The van der Waals surface area contributed by atoms with Crippen molar-refractivity contribution in [2.45, 2.75) is 24.9 Å². The fourth-order valence-electron chi connectivity index (χ4n) is 0.682. The first-order valence-electron chi connectivity index (χ1n) is 3.48. The number of nitrogens with one attached hydrogen (secondary N) is 1. The molecule has 0 aromatic rings. The summed E-state index contributed by atoms with van der Waals surface area (Å²) in [6.07, 6.45) is 2.40. The minimum atomic E-state index is -0.527. The summed E-state index contributed by atoms with van der Waals surface area (Å²) in [5, 5.41) is 3.11. The molecule has 4 heteroatoms. The van der Waals surface area contributed by atoms with Gasteiger partial charge in [0.05, 0.1) is 6.04 Å². The standard InChI is InChI=1S/C6H13N3O/c7-5(6(8)10)3-9-4-1-2-4/h4-5,9H,1-3,7H2,(H2,8,10). The molecule has 4 nitrogen and oxygen atoms in total. The number of hydrogen-bond acceptors (Lipinski definition) is 3. The van der Waals surface area contributed by atoms with Gasteiger partial charge in [-0.05, 0) is 12.8 Å². The third kappa shape index (κ3) is 2.33. The van der Waals surface area contributed by atoms with Crippen LogP contribution < -0.4 is 16.8 Å². The molecule has 0 bridgehead atoms. The molecule has 1 amide bonds. The van der Waals surface area contributed by atoms with Gasteiger partial charge in [-0.2, -0.15) is 0 Å². The van der Waals surface area contributed by atoms with Crippen molar-refractivity contribution in [3.8, 4) is 0 Å². The zero-order valence-corrected chi connectivity index (χ0v) is 5.84. The summed E-state index contributed by atoms with van der Waals surface area (Å²) in [4.78, 5) is 10.4. The van der Waals surface area contributed by atoms with Crippen LogP contribution in [0.2, 0.25) is 0 Å². The first kappa shape index (κ1) is 7.50. The lowest BCUT2D eigenvalue weighted by molar-refractivity contribution is -0.119. The molecule has 0 radical (unpaired) electrons. The molecule has 0 saturated heterocycles. The Bertz CT molecular complexity index is 133. The number of primary amides is 1. The van der Waals surface area contributed by atoms with Crippen LogP contribution in [0.3, 0.4) is 0 Å². The van der Waals surface area contributed by atoms with E-state index < -0.39 is 11.9 Å². The maximum absolute atomic E-state index is 10.4. The summed E-state index contributed by atoms with van der Waals surface area (Å²) >= 11 is 0. The van der Waals surface area contributed by atoms with Gasteiger partial charge in [-0.1, -0.05) is 0 Å². The molecule has 0 aromatic heterocycles. The second-order valence-corrected chi connectivity index (χ2v) is 2.69. The number of nitrogens with two attached hydrogens (primary N) is 2. The van der Waals surface area contributed by atoms with E-state index in [9.17, 15) is 4.79 Å². The summed E-state index contributed by atoms with van der Waals surface area (Å²) < 4.78 is 0. The zero-order valence-electron chi connectivity index (χ0n) is 5.84. The highest BCUT2D eigenvalue weighted by atomic mass is 16.1. The van der Waals surface area contributed by atoms with Crippen molar-refractivity contribution in [1.29, 1.82) is 0 Å². The van der Waals surface area contributed by atoms with E-state index in [1.807, 2.05) is 0 Å². The van der Waals surface area contributed by atoms with Gasteiger partial charge < -0.3 is 16.8 Å². The highest BCUT2D eigenvalue weighted by molar-refractivity contribution is 5.79. The SMILES string of the molecule is NC(=O)C(N)CNC1CC1. The van der Waals surface area contributed by atoms with Gasteiger partial charge in [0.2, 0.25) is 5.91 Å². The summed E-state index contributed by atoms with van der Waals surface area (Å²) in [5.41, 5.74) is 10.3. The molecular weight excluding hydrogens is 130 g/mol. The zero-order chi connectivity index (χ0) is 7.56. The Morgan fingerprint density at radius 3 is 2.70 bits per heavy atom. The summed E-state index contributed by atoms with van der Waals surface area (Å²) in [6, 6.07) is 0.0611. The van der Waals surface area contributed by atoms with Crippen molar-refractivity contribution < 1.29 is 4.79 Å². The fraction of sp³-hybridized carbons (Fsp3) is 0.833. The first-order valence-corrected chi connectivity index (χ1v) is 3.48. The average Bonchev–Trinajstić information content (AvgIpc) is 2.64. The van der Waals surface area contributed by atoms with E-state index in [0.29, 0.717) is 12.6 Å². The number of rotatable bonds is 4. The summed E-state index contributed by atoms with van der Waals surface area (Å²) in [6.45, 7) is 0.514. The quantitative estimate of drug-likeness (QED) is 0.450. The minimum Gasteiger partial charge on any atom is -0.368 e.